The molecule has 3 heteroatoms. The zero-order valence-electron chi connectivity index (χ0n) is 12.7. The van der Waals surface area contributed by atoms with Crippen molar-refractivity contribution in [2.24, 2.45) is 5.73 Å². The van der Waals surface area contributed by atoms with Crippen LogP contribution in [0.1, 0.15) is 57.6 Å². The summed E-state index contributed by atoms with van der Waals surface area (Å²) in [7, 11) is 0. The van der Waals surface area contributed by atoms with Gasteiger partial charge in [0.25, 0.3) is 0 Å². The van der Waals surface area contributed by atoms with Crippen LogP contribution in [0.25, 0.3) is 0 Å². The SMILES string of the molecule is CCCCN(C1CC1)C(c1cccc(Br)c1)C(N)CC. The summed E-state index contributed by atoms with van der Waals surface area (Å²) in [6.45, 7) is 5.63. The smallest absolute Gasteiger partial charge is 0.0502 e. The molecule has 2 N–H and O–H groups in total. The van der Waals surface area contributed by atoms with Crippen molar-refractivity contribution in [2.75, 3.05) is 6.54 Å². The van der Waals surface area contributed by atoms with Gasteiger partial charge in [0.15, 0.2) is 0 Å². The van der Waals surface area contributed by atoms with Gasteiger partial charge in [-0.15, -0.1) is 0 Å². The highest BCUT2D eigenvalue weighted by Crippen LogP contribution is 2.37. The van der Waals surface area contributed by atoms with Crippen molar-refractivity contribution in [3.05, 3.63) is 34.3 Å². The van der Waals surface area contributed by atoms with E-state index in [0.29, 0.717) is 6.04 Å². The van der Waals surface area contributed by atoms with Gasteiger partial charge in [0.2, 0.25) is 0 Å². The minimum Gasteiger partial charge on any atom is -0.326 e. The van der Waals surface area contributed by atoms with Crippen LogP contribution in [-0.2, 0) is 0 Å². The Morgan fingerprint density at radius 2 is 2.10 bits per heavy atom. The van der Waals surface area contributed by atoms with Crippen molar-refractivity contribution in [1.82, 2.24) is 4.90 Å². The second-order valence-corrected chi connectivity index (χ2v) is 6.81. The van der Waals surface area contributed by atoms with Gasteiger partial charge in [0.1, 0.15) is 0 Å². The van der Waals surface area contributed by atoms with Crippen molar-refractivity contribution < 1.29 is 0 Å². The molecule has 2 atom stereocenters. The molecule has 0 spiro atoms. The van der Waals surface area contributed by atoms with Crippen molar-refractivity contribution in [1.29, 1.82) is 0 Å². The Hall–Kier alpha value is -0.380. The molecule has 2 rings (SSSR count). The third-order valence-corrected chi connectivity index (χ3v) is 4.70. The van der Waals surface area contributed by atoms with Crippen LogP contribution in [0.3, 0.4) is 0 Å². The average Bonchev–Trinajstić information content (AvgIpc) is 3.27. The van der Waals surface area contributed by atoms with Crippen LogP contribution in [0, 0.1) is 0 Å². The molecular formula is C17H27BrN2. The minimum atomic E-state index is 0.210. The standard InChI is InChI=1S/C17H27BrN2/c1-3-5-11-20(15-9-10-15)17(16(19)4-2)13-7-6-8-14(18)12-13/h6-8,12,15-17H,3-5,9-11,19H2,1-2H3. The lowest BCUT2D eigenvalue weighted by Crippen LogP contribution is -2.42. The Labute approximate surface area is 131 Å². The lowest BCUT2D eigenvalue weighted by molar-refractivity contribution is 0.157. The maximum atomic E-state index is 6.48. The molecule has 0 saturated heterocycles. The quantitative estimate of drug-likeness (QED) is 0.756. The molecule has 2 nitrogen and oxygen atoms in total. The van der Waals surface area contributed by atoms with Crippen LogP contribution < -0.4 is 5.73 Å². The fraction of sp³-hybridized carbons (Fsp3) is 0.647. The summed E-state index contributed by atoms with van der Waals surface area (Å²) in [6, 6.07) is 10.0. The number of hydrogen-bond donors (Lipinski definition) is 1. The minimum absolute atomic E-state index is 0.210. The monoisotopic (exact) mass is 338 g/mol. The molecule has 2 unspecified atom stereocenters. The lowest BCUT2D eigenvalue weighted by atomic mass is 9.95. The molecule has 1 aliphatic rings. The van der Waals surface area contributed by atoms with E-state index in [1.807, 2.05) is 0 Å². The number of unbranched alkanes of at least 4 members (excludes halogenated alkanes) is 1. The number of rotatable bonds is 8. The summed E-state index contributed by atoms with van der Waals surface area (Å²) in [5.41, 5.74) is 7.84. The molecule has 0 amide bonds. The maximum Gasteiger partial charge on any atom is 0.0502 e. The Morgan fingerprint density at radius 1 is 1.35 bits per heavy atom. The lowest BCUT2D eigenvalue weighted by Gasteiger charge is -2.36. The van der Waals surface area contributed by atoms with E-state index < -0.39 is 0 Å². The zero-order chi connectivity index (χ0) is 14.5. The molecule has 1 saturated carbocycles. The largest absolute Gasteiger partial charge is 0.326 e. The molecule has 0 aromatic heterocycles. The number of halogens is 1. The van der Waals surface area contributed by atoms with E-state index in [9.17, 15) is 0 Å². The Balaban J connectivity index is 2.25. The maximum absolute atomic E-state index is 6.48. The fourth-order valence-corrected chi connectivity index (χ4v) is 3.31. The highest BCUT2D eigenvalue weighted by molar-refractivity contribution is 9.10. The summed E-state index contributed by atoms with van der Waals surface area (Å²) < 4.78 is 1.15. The third kappa shape index (κ3) is 4.06. The van der Waals surface area contributed by atoms with Crippen LogP contribution in [0.15, 0.2) is 28.7 Å². The Bertz CT molecular complexity index is 417. The molecule has 1 aromatic carbocycles. The highest BCUT2D eigenvalue weighted by Gasteiger charge is 2.36. The zero-order valence-corrected chi connectivity index (χ0v) is 14.3. The normalized spacial score (nSPS) is 18.2. The van der Waals surface area contributed by atoms with Crippen molar-refractivity contribution in [3.63, 3.8) is 0 Å². The van der Waals surface area contributed by atoms with Gasteiger partial charge < -0.3 is 5.73 Å². The van der Waals surface area contributed by atoms with Crippen LogP contribution in [-0.4, -0.2) is 23.5 Å². The first kappa shape index (κ1) is 16.0. The highest BCUT2D eigenvalue weighted by atomic mass is 79.9. The van der Waals surface area contributed by atoms with Gasteiger partial charge in [-0.1, -0.05) is 48.3 Å². The molecule has 0 bridgehead atoms. The molecule has 0 aliphatic heterocycles. The summed E-state index contributed by atoms with van der Waals surface area (Å²) in [5.74, 6) is 0. The van der Waals surface area contributed by atoms with E-state index >= 15 is 0 Å². The van der Waals surface area contributed by atoms with Gasteiger partial charge in [-0.25, -0.2) is 0 Å². The topological polar surface area (TPSA) is 29.3 Å². The molecular weight excluding hydrogens is 312 g/mol. The van der Waals surface area contributed by atoms with Crippen LogP contribution in [0.4, 0.5) is 0 Å². The first-order valence-electron chi connectivity index (χ1n) is 7.94. The number of hydrogen-bond acceptors (Lipinski definition) is 2. The van der Waals surface area contributed by atoms with E-state index in [1.54, 1.807) is 0 Å². The molecule has 112 valence electrons. The predicted molar refractivity (Wildman–Crippen MR) is 89.8 cm³/mol. The fourth-order valence-electron chi connectivity index (χ4n) is 2.89. The summed E-state index contributed by atoms with van der Waals surface area (Å²) in [6.07, 6.45) is 6.20. The van der Waals surface area contributed by atoms with Gasteiger partial charge in [0.05, 0.1) is 6.04 Å². The number of benzene rings is 1. The third-order valence-electron chi connectivity index (χ3n) is 4.21. The summed E-state index contributed by atoms with van der Waals surface area (Å²) in [4.78, 5) is 2.67. The predicted octanol–water partition coefficient (Wildman–Crippen LogP) is 4.49. The molecule has 1 aromatic rings. The second kappa shape index (κ2) is 7.58. The molecule has 0 heterocycles. The number of nitrogens with zero attached hydrogens (tertiary/aromatic N) is 1. The first-order chi connectivity index (χ1) is 9.67. The molecule has 1 fully saturated rings. The van der Waals surface area contributed by atoms with Crippen LogP contribution >= 0.6 is 15.9 Å². The van der Waals surface area contributed by atoms with Gasteiger partial charge in [0, 0.05) is 16.6 Å². The van der Waals surface area contributed by atoms with E-state index in [2.05, 4.69) is 58.9 Å². The van der Waals surface area contributed by atoms with E-state index in [4.69, 9.17) is 5.73 Å². The van der Waals surface area contributed by atoms with E-state index in [0.717, 1.165) is 16.9 Å². The average molecular weight is 339 g/mol. The molecule has 0 radical (unpaired) electrons. The number of nitrogens with two attached hydrogens (primary N) is 1. The Morgan fingerprint density at radius 3 is 2.65 bits per heavy atom. The van der Waals surface area contributed by atoms with Crippen molar-refractivity contribution >= 4 is 15.9 Å². The molecule has 20 heavy (non-hydrogen) atoms. The van der Waals surface area contributed by atoms with Crippen molar-refractivity contribution in [2.45, 2.75) is 64.1 Å². The Kier molecular flexibility index (Phi) is 6.06. The van der Waals surface area contributed by atoms with Crippen molar-refractivity contribution in [3.8, 4) is 0 Å². The van der Waals surface area contributed by atoms with Gasteiger partial charge >= 0.3 is 0 Å². The van der Waals surface area contributed by atoms with Crippen LogP contribution in [0.2, 0.25) is 0 Å². The van der Waals surface area contributed by atoms with E-state index in [-0.39, 0.29) is 6.04 Å². The van der Waals surface area contributed by atoms with Crippen LogP contribution in [0.5, 0.6) is 0 Å². The molecule has 1 aliphatic carbocycles. The van der Waals surface area contributed by atoms with Gasteiger partial charge in [-0.3, -0.25) is 4.90 Å². The summed E-state index contributed by atoms with van der Waals surface area (Å²) >= 11 is 3.60. The van der Waals surface area contributed by atoms with Gasteiger partial charge in [-0.2, -0.15) is 0 Å². The van der Waals surface area contributed by atoms with E-state index in [1.165, 1.54) is 37.8 Å². The first-order valence-corrected chi connectivity index (χ1v) is 8.73. The summed E-state index contributed by atoms with van der Waals surface area (Å²) in [5, 5.41) is 0. The van der Waals surface area contributed by atoms with Gasteiger partial charge in [-0.05, 0) is 49.9 Å². The second-order valence-electron chi connectivity index (χ2n) is 5.89.